The molecule has 3 nitrogen and oxygen atoms in total. The number of benzene rings is 2. The molecule has 2 atom stereocenters. The van der Waals surface area contributed by atoms with Gasteiger partial charge in [0.05, 0.1) is 23.8 Å². The van der Waals surface area contributed by atoms with Crippen molar-refractivity contribution in [1.82, 2.24) is 4.90 Å². The lowest BCUT2D eigenvalue weighted by Gasteiger charge is -2.28. The molecule has 0 N–H and O–H groups in total. The summed E-state index contributed by atoms with van der Waals surface area (Å²) >= 11 is 0. The Bertz CT molecular complexity index is 912. The number of fused-ring (bicyclic) bond motifs is 1. The molecule has 2 unspecified atom stereocenters. The van der Waals surface area contributed by atoms with Crippen LogP contribution in [0.5, 0.6) is 0 Å². The fourth-order valence-corrected chi connectivity index (χ4v) is 3.94. The summed E-state index contributed by atoms with van der Waals surface area (Å²) in [7, 11) is 0. The number of halogens is 7. The van der Waals surface area contributed by atoms with Crippen molar-refractivity contribution in [1.29, 1.82) is 0 Å². The van der Waals surface area contributed by atoms with Crippen LogP contribution in [0.15, 0.2) is 48.5 Å². The number of carbonyl (C=O) groups excluding carboxylic acids is 1. The lowest BCUT2D eigenvalue weighted by molar-refractivity contribution is -0.143. The van der Waals surface area contributed by atoms with Gasteiger partial charge in [-0.15, -0.1) is 0 Å². The van der Waals surface area contributed by atoms with Crippen LogP contribution < -0.4 is 0 Å². The minimum absolute atomic E-state index is 0.0192. The fraction of sp³-hybridized carbons (Fsp3) is 0.435. The van der Waals surface area contributed by atoms with Gasteiger partial charge in [-0.1, -0.05) is 18.2 Å². The molecule has 2 aromatic rings. The zero-order valence-corrected chi connectivity index (χ0v) is 17.4. The smallest absolute Gasteiger partial charge is 0.372 e. The SMILES string of the molecule is Fc1ccccc1.O=C1CCCC2CC(OCc3cc(C(F)(F)F)cc(C(F)(F)F)c3)CN12. The summed E-state index contributed by atoms with van der Waals surface area (Å²) in [6.07, 6.45) is -7.50. The van der Waals surface area contributed by atoms with E-state index in [0.717, 1.165) is 12.8 Å². The minimum atomic E-state index is -4.88. The monoisotopic (exact) mass is 477 g/mol. The molecule has 2 aliphatic heterocycles. The van der Waals surface area contributed by atoms with Crippen LogP contribution >= 0.6 is 0 Å². The molecule has 0 bridgehead atoms. The van der Waals surface area contributed by atoms with Crippen LogP contribution in [0.1, 0.15) is 42.4 Å². The van der Waals surface area contributed by atoms with E-state index >= 15 is 0 Å². The van der Waals surface area contributed by atoms with E-state index in [0.29, 0.717) is 31.5 Å². The first-order valence-corrected chi connectivity index (χ1v) is 10.3. The summed E-state index contributed by atoms with van der Waals surface area (Å²) in [5.41, 5.74) is -2.90. The van der Waals surface area contributed by atoms with E-state index in [4.69, 9.17) is 4.74 Å². The number of rotatable bonds is 3. The first kappa shape index (κ1) is 25.0. The summed E-state index contributed by atoms with van der Waals surface area (Å²) in [4.78, 5) is 13.5. The number of piperidine rings is 1. The van der Waals surface area contributed by atoms with Gasteiger partial charge in [-0.05, 0) is 55.2 Å². The van der Waals surface area contributed by atoms with Crippen LogP contribution in [0.4, 0.5) is 30.7 Å². The van der Waals surface area contributed by atoms with Crippen molar-refractivity contribution in [3.05, 3.63) is 71.0 Å². The minimum Gasteiger partial charge on any atom is -0.372 e. The number of ether oxygens (including phenoxy) is 1. The molecular formula is C23H22F7NO2. The molecule has 180 valence electrons. The Labute approximate surface area is 186 Å². The molecule has 4 rings (SSSR count). The highest BCUT2D eigenvalue weighted by Gasteiger charge is 2.39. The number of alkyl halides is 6. The van der Waals surface area contributed by atoms with E-state index < -0.39 is 23.5 Å². The third-order valence-electron chi connectivity index (χ3n) is 5.49. The second-order valence-corrected chi connectivity index (χ2v) is 7.97. The van der Waals surface area contributed by atoms with E-state index in [1.165, 1.54) is 12.1 Å². The van der Waals surface area contributed by atoms with Crippen molar-refractivity contribution in [2.75, 3.05) is 6.54 Å². The van der Waals surface area contributed by atoms with Gasteiger partial charge < -0.3 is 9.64 Å². The zero-order valence-electron chi connectivity index (χ0n) is 17.4. The molecule has 2 fully saturated rings. The number of amides is 1. The number of nitrogens with zero attached hydrogens (tertiary/aromatic N) is 1. The lowest BCUT2D eigenvalue weighted by atomic mass is 10.0. The maximum absolute atomic E-state index is 12.9. The highest BCUT2D eigenvalue weighted by Crippen LogP contribution is 2.37. The molecule has 0 spiro atoms. The fourth-order valence-electron chi connectivity index (χ4n) is 3.94. The quantitative estimate of drug-likeness (QED) is 0.492. The van der Waals surface area contributed by atoms with Gasteiger partial charge in [-0.2, -0.15) is 26.3 Å². The van der Waals surface area contributed by atoms with Crippen LogP contribution in [0, 0.1) is 5.82 Å². The number of hydrogen-bond acceptors (Lipinski definition) is 2. The summed E-state index contributed by atoms with van der Waals surface area (Å²) in [6, 6.07) is 9.42. The van der Waals surface area contributed by atoms with Crippen LogP contribution in [0.2, 0.25) is 0 Å². The molecule has 2 aliphatic rings. The normalized spacial score (nSPS) is 20.8. The predicted molar refractivity (Wildman–Crippen MR) is 105 cm³/mol. The molecule has 0 saturated carbocycles. The van der Waals surface area contributed by atoms with Crippen molar-refractivity contribution in [2.24, 2.45) is 0 Å². The Morgan fingerprint density at radius 2 is 1.55 bits per heavy atom. The molecular weight excluding hydrogens is 455 g/mol. The Balaban J connectivity index is 0.000000374. The van der Waals surface area contributed by atoms with Crippen molar-refractivity contribution in [3.8, 4) is 0 Å². The molecule has 33 heavy (non-hydrogen) atoms. The van der Waals surface area contributed by atoms with Gasteiger partial charge >= 0.3 is 12.4 Å². The summed E-state index contributed by atoms with van der Waals surface area (Å²) in [5, 5.41) is 0. The summed E-state index contributed by atoms with van der Waals surface area (Å²) in [6.45, 7) is -0.0407. The lowest BCUT2D eigenvalue weighted by Crippen LogP contribution is -2.39. The first-order valence-electron chi connectivity index (χ1n) is 10.3. The highest BCUT2D eigenvalue weighted by molar-refractivity contribution is 5.77. The van der Waals surface area contributed by atoms with Gasteiger partial charge in [0.2, 0.25) is 5.91 Å². The van der Waals surface area contributed by atoms with E-state index in [2.05, 4.69) is 0 Å². The Morgan fingerprint density at radius 1 is 0.939 bits per heavy atom. The van der Waals surface area contributed by atoms with E-state index in [1.54, 1.807) is 23.1 Å². The zero-order chi connectivity index (χ0) is 24.2. The Morgan fingerprint density at radius 3 is 2.03 bits per heavy atom. The van der Waals surface area contributed by atoms with Crippen molar-refractivity contribution >= 4 is 5.91 Å². The topological polar surface area (TPSA) is 29.5 Å². The maximum atomic E-state index is 12.9. The Kier molecular flexibility index (Phi) is 7.66. The van der Waals surface area contributed by atoms with E-state index in [9.17, 15) is 35.5 Å². The average molecular weight is 477 g/mol. The third kappa shape index (κ3) is 6.93. The van der Waals surface area contributed by atoms with Crippen molar-refractivity contribution < 1.29 is 40.3 Å². The van der Waals surface area contributed by atoms with Crippen molar-refractivity contribution in [3.63, 3.8) is 0 Å². The van der Waals surface area contributed by atoms with Crippen molar-refractivity contribution in [2.45, 2.75) is 56.8 Å². The molecule has 0 radical (unpaired) electrons. The van der Waals surface area contributed by atoms with Crippen LogP contribution in [0.25, 0.3) is 0 Å². The molecule has 10 heteroatoms. The predicted octanol–water partition coefficient (Wildman–Crippen LogP) is 6.22. The molecule has 2 saturated heterocycles. The second-order valence-electron chi connectivity index (χ2n) is 7.97. The average Bonchev–Trinajstić information content (AvgIpc) is 3.16. The van der Waals surface area contributed by atoms with Gasteiger partial charge in [-0.3, -0.25) is 4.79 Å². The van der Waals surface area contributed by atoms with Gasteiger partial charge in [-0.25, -0.2) is 4.39 Å². The number of hydrogen-bond donors (Lipinski definition) is 0. The van der Waals surface area contributed by atoms with E-state index in [1.807, 2.05) is 0 Å². The van der Waals surface area contributed by atoms with Gasteiger partial charge in [0, 0.05) is 19.0 Å². The highest BCUT2D eigenvalue weighted by atomic mass is 19.4. The molecule has 1 amide bonds. The second kappa shape index (κ2) is 10.1. The molecule has 2 aromatic carbocycles. The number of carbonyl (C=O) groups is 1. The van der Waals surface area contributed by atoms with Gasteiger partial charge in [0.15, 0.2) is 0 Å². The first-order chi connectivity index (χ1) is 15.4. The van der Waals surface area contributed by atoms with Crippen LogP contribution in [-0.2, 0) is 28.5 Å². The molecule has 0 aromatic heterocycles. The third-order valence-corrected chi connectivity index (χ3v) is 5.49. The molecule has 0 aliphatic carbocycles. The van der Waals surface area contributed by atoms with Crippen LogP contribution in [-0.4, -0.2) is 29.5 Å². The largest absolute Gasteiger partial charge is 0.416 e. The van der Waals surface area contributed by atoms with Gasteiger partial charge in [0.25, 0.3) is 0 Å². The van der Waals surface area contributed by atoms with E-state index in [-0.39, 0.29) is 42.1 Å². The van der Waals surface area contributed by atoms with Crippen LogP contribution in [0.3, 0.4) is 0 Å². The summed E-state index contributed by atoms with van der Waals surface area (Å²) in [5.74, 6) is -0.159. The standard InChI is InChI=1S/C17H17F6NO2.C6H5F/c18-16(19,20)11-4-10(5-12(6-11)17(21,22)23)9-26-14-7-13-2-1-3-15(25)24(13)8-14;7-6-4-2-1-3-5-6/h4-6,13-14H,1-3,7-9H2;1-5H. The summed E-state index contributed by atoms with van der Waals surface area (Å²) < 4.78 is 94.7. The molecule has 2 heterocycles. The maximum Gasteiger partial charge on any atom is 0.416 e. The Hall–Kier alpha value is -2.62. The van der Waals surface area contributed by atoms with Gasteiger partial charge in [0.1, 0.15) is 5.82 Å².